The molecule has 3 heteroatoms. The maximum Gasteiger partial charge on any atom is 0.0451 e. The van der Waals surface area contributed by atoms with E-state index in [4.69, 9.17) is 11.6 Å². The van der Waals surface area contributed by atoms with Gasteiger partial charge in [0.25, 0.3) is 0 Å². The van der Waals surface area contributed by atoms with E-state index < -0.39 is 0 Å². The number of rotatable bonds is 8. The van der Waals surface area contributed by atoms with Gasteiger partial charge in [0.15, 0.2) is 0 Å². The normalized spacial score (nSPS) is 14.8. The Morgan fingerprint density at radius 3 is 2.35 bits per heavy atom. The van der Waals surface area contributed by atoms with Crippen molar-refractivity contribution >= 4 is 11.6 Å². The molecule has 0 aromatic heterocycles. The smallest absolute Gasteiger partial charge is 0.0451 e. The summed E-state index contributed by atoms with van der Waals surface area (Å²) in [6, 6.07) is 8.61. The molecular weight excluding hydrogens is 268 g/mol. The van der Waals surface area contributed by atoms with Gasteiger partial charge in [-0.05, 0) is 50.5 Å². The van der Waals surface area contributed by atoms with Crippen LogP contribution < -0.4 is 5.32 Å². The van der Waals surface area contributed by atoms with Crippen LogP contribution in [0.3, 0.4) is 0 Å². The van der Waals surface area contributed by atoms with Gasteiger partial charge in [-0.2, -0.15) is 0 Å². The lowest BCUT2D eigenvalue weighted by Gasteiger charge is -2.30. The quantitative estimate of drug-likeness (QED) is 0.779. The summed E-state index contributed by atoms with van der Waals surface area (Å²) in [4.78, 5) is 2.38. The van der Waals surface area contributed by atoms with Gasteiger partial charge in [0, 0.05) is 17.6 Å². The first kappa shape index (κ1) is 17.5. The SMILES string of the molecule is CC(C)CNCC(C)C(C)N(C)Cc1ccccc1Cl. The van der Waals surface area contributed by atoms with E-state index in [0.29, 0.717) is 17.9 Å². The number of hydrogen-bond acceptors (Lipinski definition) is 2. The molecule has 2 nitrogen and oxygen atoms in total. The number of halogens is 1. The molecular formula is C17H29ClN2. The van der Waals surface area contributed by atoms with Crippen LogP contribution in [0, 0.1) is 11.8 Å². The third-order valence-electron chi connectivity index (χ3n) is 3.92. The molecule has 114 valence electrons. The highest BCUT2D eigenvalue weighted by molar-refractivity contribution is 6.31. The minimum absolute atomic E-state index is 0.519. The predicted octanol–water partition coefficient (Wildman–Crippen LogP) is 4.04. The molecule has 1 N–H and O–H groups in total. The molecule has 0 aliphatic carbocycles. The summed E-state index contributed by atoms with van der Waals surface area (Å²) in [6.07, 6.45) is 0. The van der Waals surface area contributed by atoms with Crippen LogP contribution in [0.25, 0.3) is 0 Å². The van der Waals surface area contributed by atoms with E-state index in [0.717, 1.165) is 24.7 Å². The number of nitrogens with zero attached hydrogens (tertiary/aromatic N) is 1. The van der Waals surface area contributed by atoms with Gasteiger partial charge < -0.3 is 5.32 Å². The van der Waals surface area contributed by atoms with Crippen molar-refractivity contribution in [1.29, 1.82) is 0 Å². The van der Waals surface area contributed by atoms with Crippen molar-refractivity contribution in [2.75, 3.05) is 20.1 Å². The summed E-state index contributed by atoms with van der Waals surface area (Å²) < 4.78 is 0. The minimum atomic E-state index is 0.519. The lowest BCUT2D eigenvalue weighted by Crippen LogP contribution is -2.39. The van der Waals surface area contributed by atoms with Gasteiger partial charge in [-0.3, -0.25) is 4.90 Å². The summed E-state index contributed by atoms with van der Waals surface area (Å²) in [5.74, 6) is 1.32. The molecule has 1 aromatic carbocycles. The Bertz CT molecular complexity index is 392. The summed E-state index contributed by atoms with van der Waals surface area (Å²) in [6.45, 7) is 12.1. The number of nitrogens with one attached hydrogen (secondary N) is 1. The summed E-state index contributed by atoms with van der Waals surface area (Å²) in [7, 11) is 2.17. The molecule has 0 fully saturated rings. The molecule has 0 saturated heterocycles. The average Bonchev–Trinajstić information content (AvgIpc) is 2.39. The van der Waals surface area contributed by atoms with E-state index in [-0.39, 0.29) is 0 Å². The third kappa shape index (κ3) is 5.82. The second kappa shape index (κ2) is 8.66. The molecule has 2 atom stereocenters. The Balaban J connectivity index is 2.45. The zero-order valence-corrected chi connectivity index (χ0v) is 14.2. The van der Waals surface area contributed by atoms with Gasteiger partial charge in [-0.25, -0.2) is 0 Å². The highest BCUT2D eigenvalue weighted by Crippen LogP contribution is 2.19. The monoisotopic (exact) mass is 296 g/mol. The molecule has 0 radical (unpaired) electrons. The molecule has 0 aliphatic rings. The first-order valence-corrected chi connectivity index (χ1v) is 7.94. The molecule has 0 aliphatic heterocycles. The first-order chi connectivity index (χ1) is 9.41. The fraction of sp³-hybridized carbons (Fsp3) is 0.647. The maximum atomic E-state index is 6.23. The zero-order chi connectivity index (χ0) is 15.1. The molecule has 0 heterocycles. The molecule has 0 bridgehead atoms. The molecule has 0 amide bonds. The second-order valence-electron chi connectivity index (χ2n) is 6.28. The Hall–Kier alpha value is -0.570. The van der Waals surface area contributed by atoms with Gasteiger partial charge in [-0.1, -0.05) is 50.6 Å². The number of benzene rings is 1. The predicted molar refractivity (Wildman–Crippen MR) is 89.3 cm³/mol. The lowest BCUT2D eigenvalue weighted by atomic mass is 10.0. The van der Waals surface area contributed by atoms with Gasteiger partial charge in [0.05, 0.1) is 0 Å². The van der Waals surface area contributed by atoms with Crippen molar-refractivity contribution in [1.82, 2.24) is 10.2 Å². The van der Waals surface area contributed by atoms with Crippen LogP contribution in [0.5, 0.6) is 0 Å². The summed E-state index contributed by atoms with van der Waals surface area (Å²) >= 11 is 6.23. The van der Waals surface area contributed by atoms with Crippen molar-refractivity contribution in [3.05, 3.63) is 34.9 Å². The number of hydrogen-bond donors (Lipinski definition) is 1. The second-order valence-corrected chi connectivity index (χ2v) is 6.68. The highest BCUT2D eigenvalue weighted by Gasteiger charge is 2.17. The minimum Gasteiger partial charge on any atom is -0.316 e. The van der Waals surface area contributed by atoms with E-state index >= 15 is 0 Å². The van der Waals surface area contributed by atoms with Crippen LogP contribution in [0.2, 0.25) is 5.02 Å². The third-order valence-corrected chi connectivity index (χ3v) is 4.28. The van der Waals surface area contributed by atoms with Crippen molar-refractivity contribution in [3.8, 4) is 0 Å². The molecule has 0 spiro atoms. The van der Waals surface area contributed by atoms with Gasteiger partial charge in [-0.15, -0.1) is 0 Å². The van der Waals surface area contributed by atoms with E-state index in [1.807, 2.05) is 18.2 Å². The first-order valence-electron chi connectivity index (χ1n) is 7.56. The van der Waals surface area contributed by atoms with E-state index in [2.05, 4.69) is 51.0 Å². The zero-order valence-electron chi connectivity index (χ0n) is 13.5. The van der Waals surface area contributed by atoms with Gasteiger partial charge in [0.1, 0.15) is 0 Å². The van der Waals surface area contributed by atoms with Crippen LogP contribution in [0.1, 0.15) is 33.3 Å². The molecule has 2 unspecified atom stereocenters. The van der Waals surface area contributed by atoms with E-state index in [9.17, 15) is 0 Å². The van der Waals surface area contributed by atoms with E-state index in [1.165, 1.54) is 5.56 Å². The van der Waals surface area contributed by atoms with Crippen molar-refractivity contribution in [2.24, 2.45) is 11.8 Å². The largest absolute Gasteiger partial charge is 0.316 e. The van der Waals surface area contributed by atoms with Crippen molar-refractivity contribution in [2.45, 2.75) is 40.3 Å². The molecule has 1 rings (SSSR count). The maximum absolute atomic E-state index is 6.23. The van der Waals surface area contributed by atoms with Crippen LogP contribution in [-0.2, 0) is 6.54 Å². The van der Waals surface area contributed by atoms with Gasteiger partial charge >= 0.3 is 0 Å². The highest BCUT2D eigenvalue weighted by atomic mass is 35.5. The van der Waals surface area contributed by atoms with Crippen LogP contribution in [-0.4, -0.2) is 31.1 Å². The fourth-order valence-corrected chi connectivity index (χ4v) is 2.44. The molecule has 0 saturated carbocycles. The standard InChI is InChI=1S/C17H29ClN2/c1-13(2)10-19-11-14(3)15(4)20(5)12-16-8-6-7-9-17(16)18/h6-9,13-15,19H,10-12H2,1-5H3. The Kier molecular flexibility index (Phi) is 7.57. The van der Waals surface area contributed by atoms with Crippen molar-refractivity contribution in [3.63, 3.8) is 0 Å². The van der Waals surface area contributed by atoms with Crippen molar-refractivity contribution < 1.29 is 0 Å². The van der Waals surface area contributed by atoms with E-state index in [1.54, 1.807) is 0 Å². The van der Waals surface area contributed by atoms with Crippen LogP contribution >= 0.6 is 11.6 Å². The Morgan fingerprint density at radius 1 is 1.10 bits per heavy atom. The topological polar surface area (TPSA) is 15.3 Å². The molecule has 20 heavy (non-hydrogen) atoms. The Morgan fingerprint density at radius 2 is 1.75 bits per heavy atom. The van der Waals surface area contributed by atoms with Gasteiger partial charge in [0.2, 0.25) is 0 Å². The van der Waals surface area contributed by atoms with Crippen LogP contribution in [0.15, 0.2) is 24.3 Å². The Labute approximate surface area is 129 Å². The van der Waals surface area contributed by atoms with Crippen LogP contribution in [0.4, 0.5) is 0 Å². The fourth-order valence-electron chi connectivity index (χ4n) is 2.24. The lowest BCUT2D eigenvalue weighted by molar-refractivity contribution is 0.188. The summed E-state index contributed by atoms with van der Waals surface area (Å²) in [5.41, 5.74) is 1.20. The molecule has 1 aromatic rings. The summed E-state index contributed by atoms with van der Waals surface area (Å²) in [5, 5.41) is 4.40. The average molecular weight is 297 g/mol.